The van der Waals surface area contributed by atoms with Gasteiger partial charge in [0, 0.05) is 6.54 Å². The second kappa shape index (κ2) is 14.1. The summed E-state index contributed by atoms with van der Waals surface area (Å²) in [6, 6.07) is 19.6. The smallest absolute Gasteiger partial charge is 0.330 e. The van der Waals surface area contributed by atoms with Crippen LogP contribution in [-0.4, -0.2) is 44.1 Å². The number of benzene rings is 3. The lowest BCUT2D eigenvalue weighted by atomic mass is 10.1. The molecule has 3 aromatic carbocycles. The molecule has 4 rings (SSSR count). The minimum Gasteiger partial charge on any atom is -0.467 e. The summed E-state index contributed by atoms with van der Waals surface area (Å²) in [5.41, 5.74) is 4.09. The Balaban J connectivity index is 1.34. The fraction of sp³-hybridized carbons (Fsp3) is 0.300. The van der Waals surface area contributed by atoms with Crippen molar-refractivity contribution in [2.24, 2.45) is 0 Å². The molecular weight excluding hydrogens is 551 g/mol. The van der Waals surface area contributed by atoms with E-state index in [9.17, 15) is 14.4 Å². The number of carbonyl (C=O) groups is 3. The third kappa shape index (κ3) is 7.46. The standard InChI is InChI=1S/C30H32Cl2N4O4/c1-40-29(38)25(18-34-30(39)36-23-15-13-20-11-5-6-12-21(20)23)35-28(37)26-22(31)14-16-24(27(26)32)33-17-7-10-19-8-3-2-4-9-19/h2-6,8-9,11-12,14,16,23,25,33H,7,10,13,15,17-18H2,1H3,(H,35,37)(H2,34,36,39)/t23?,25-/m0/s1. The summed E-state index contributed by atoms with van der Waals surface area (Å²) in [5.74, 6) is -1.38. The van der Waals surface area contributed by atoms with Gasteiger partial charge in [-0.15, -0.1) is 0 Å². The zero-order chi connectivity index (χ0) is 28.5. The Bertz CT molecular complexity index is 1350. The number of methoxy groups -OCH3 is 1. The molecule has 10 heteroatoms. The van der Waals surface area contributed by atoms with Crippen molar-refractivity contribution in [3.05, 3.63) is 99.0 Å². The topological polar surface area (TPSA) is 109 Å². The van der Waals surface area contributed by atoms with Crippen LogP contribution in [0.5, 0.6) is 0 Å². The van der Waals surface area contributed by atoms with Crippen LogP contribution in [0, 0.1) is 0 Å². The number of rotatable bonds is 11. The number of anilines is 1. The zero-order valence-electron chi connectivity index (χ0n) is 22.1. The molecule has 1 aliphatic carbocycles. The van der Waals surface area contributed by atoms with Crippen LogP contribution >= 0.6 is 23.2 Å². The molecule has 3 amide bonds. The van der Waals surface area contributed by atoms with E-state index in [0.29, 0.717) is 12.2 Å². The largest absolute Gasteiger partial charge is 0.467 e. The summed E-state index contributed by atoms with van der Waals surface area (Å²) < 4.78 is 4.84. The highest BCUT2D eigenvalue weighted by molar-refractivity contribution is 6.41. The lowest BCUT2D eigenvalue weighted by Crippen LogP contribution is -2.51. The quantitative estimate of drug-likeness (QED) is 0.181. The van der Waals surface area contributed by atoms with E-state index in [4.69, 9.17) is 27.9 Å². The van der Waals surface area contributed by atoms with E-state index in [1.807, 2.05) is 42.5 Å². The predicted molar refractivity (Wildman–Crippen MR) is 157 cm³/mol. The Hall–Kier alpha value is -3.75. The lowest BCUT2D eigenvalue weighted by Gasteiger charge is -2.20. The molecule has 3 aromatic rings. The number of hydrogen-bond donors (Lipinski definition) is 4. The minimum atomic E-state index is -1.16. The molecule has 0 bridgehead atoms. The average molecular weight is 584 g/mol. The maximum Gasteiger partial charge on any atom is 0.330 e. The third-order valence-corrected chi connectivity index (χ3v) is 7.52. The average Bonchev–Trinajstić information content (AvgIpc) is 3.37. The van der Waals surface area contributed by atoms with Crippen LogP contribution in [0.1, 0.15) is 45.9 Å². The summed E-state index contributed by atoms with van der Waals surface area (Å²) in [7, 11) is 1.21. The number of hydrogen-bond acceptors (Lipinski definition) is 5. The van der Waals surface area contributed by atoms with E-state index in [-0.39, 0.29) is 28.2 Å². The number of urea groups is 1. The molecule has 1 aliphatic rings. The number of ether oxygens (including phenoxy) is 1. The molecule has 0 saturated carbocycles. The Morgan fingerprint density at radius 2 is 1.75 bits per heavy atom. The van der Waals surface area contributed by atoms with E-state index < -0.39 is 23.9 Å². The van der Waals surface area contributed by atoms with E-state index in [1.54, 1.807) is 12.1 Å². The van der Waals surface area contributed by atoms with Crippen LogP contribution in [0.25, 0.3) is 0 Å². The molecule has 0 fully saturated rings. The summed E-state index contributed by atoms with van der Waals surface area (Å²) >= 11 is 12.9. The van der Waals surface area contributed by atoms with Crippen molar-refractivity contribution in [2.75, 3.05) is 25.5 Å². The zero-order valence-corrected chi connectivity index (χ0v) is 23.6. The number of halogens is 2. The van der Waals surface area contributed by atoms with Crippen molar-refractivity contribution in [3.63, 3.8) is 0 Å². The van der Waals surface area contributed by atoms with Gasteiger partial charge in [0.1, 0.15) is 6.04 Å². The van der Waals surface area contributed by atoms with Gasteiger partial charge in [-0.1, -0.05) is 77.8 Å². The lowest BCUT2D eigenvalue weighted by molar-refractivity contribution is -0.142. The monoisotopic (exact) mass is 582 g/mol. The minimum absolute atomic E-state index is 0.0253. The summed E-state index contributed by atoms with van der Waals surface area (Å²) in [6.07, 6.45) is 3.41. The predicted octanol–water partition coefficient (Wildman–Crippen LogP) is 5.30. The molecule has 4 N–H and O–H groups in total. The maximum absolute atomic E-state index is 13.2. The SMILES string of the molecule is COC(=O)[C@H](CNC(=O)NC1CCc2ccccc21)NC(=O)c1c(Cl)ccc(NCCCc2ccccc2)c1Cl. The number of amides is 3. The molecule has 0 radical (unpaired) electrons. The van der Waals surface area contributed by atoms with E-state index in [1.165, 1.54) is 18.2 Å². The highest BCUT2D eigenvalue weighted by atomic mass is 35.5. The van der Waals surface area contributed by atoms with Gasteiger partial charge >= 0.3 is 12.0 Å². The van der Waals surface area contributed by atoms with Crippen molar-refractivity contribution in [3.8, 4) is 0 Å². The molecule has 0 saturated heterocycles. The van der Waals surface area contributed by atoms with Crippen molar-refractivity contribution < 1.29 is 19.1 Å². The molecule has 8 nitrogen and oxygen atoms in total. The Labute approximate surface area is 243 Å². The Kier molecular flexibility index (Phi) is 10.3. The summed E-state index contributed by atoms with van der Waals surface area (Å²) in [5, 5.41) is 11.7. The molecular formula is C30H32Cl2N4O4. The fourth-order valence-electron chi connectivity index (χ4n) is 4.73. The molecule has 0 spiro atoms. The molecule has 0 aromatic heterocycles. The Morgan fingerprint density at radius 1 is 1.00 bits per heavy atom. The van der Waals surface area contributed by atoms with Crippen LogP contribution in [-0.2, 0) is 22.4 Å². The van der Waals surface area contributed by atoms with Gasteiger partial charge in [0.15, 0.2) is 0 Å². The third-order valence-electron chi connectivity index (χ3n) is 6.81. The van der Waals surface area contributed by atoms with Gasteiger partial charge in [0.25, 0.3) is 5.91 Å². The fourth-order valence-corrected chi connectivity index (χ4v) is 5.34. The van der Waals surface area contributed by atoms with Gasteiger partial charge < -0.3 is 26.0 Å². The van der Waals surface area contributed by atoms with Gasteiger partial charge in [-0.05, 0) is 54.5 Å². The van der Waals surface area contributed by atoms with E-state index in [0.717, 1.165) is 31.2 Å². The van der Waals surface area contributed by atoms with Crippen molar-refractivity contribution >= 4 is 46.8 Å². The summed E-state index contributed by atoms with van der Waals surface area (Å²) in [6.45, 7) is 0.442. The first-order valence-corrected chi connectivity index (χ1v) is 13.9. The highest BCUT2D eigenvalue weighted by Crippen LogP contribution is 2.32. The number of nitrogens with one attached hydrogen (secondary N) is 4. The first-order chi connectivity index (χ1) is 19.4. The second-order valence-electron chi connectivity index (χ2n) is 9.49. The summed E-state index contributed by atoms with van der Waals surface area (Å²) in [4.78, 5) is 38.3. The van der Waals surface area contributed by atoms with Crippen molar-refractivity contribution in [2.45, 2.75) is 37.8 Å². The van der Waals surface area contributed by atoms with Gasteiger partial charge in [0.2, 0.25) is 0 Å². The number of carbonyl (C=O) groups excluding carboxylic acids is 3. The van der Waals surface area contributed by atoms with Crippen LogP contribution in [0.3, 0.4) is 0 Å². The second-order valence-corrected chi connectivity index (χ2v) is 10.3. The molecule has 2 atom stereocenters. The maximum atomic E-state index is 13.2. The van der Waals surface area contributed by atoms with E-state index >= 15 is 0 Å². The molecule has 1 unspecified atom stereocenters. The van der Waals surface area contributed by atoms with Gasteiger partial charge in [-0.25, -0.2) is 9.59 Å². The Morgan fingerprint density at radius 3 is 2.52 bits per heavy atom. The highest BCUT2D eigenvalue weighted by Gasteiger charge is 2.27. The first-order valence-electron chi connectivity index (χ1n) is 13.1. The van der Waals surface area contributed by atoms with Gasteiger partial charge in [-0.2, -0.15) is 0 Å². The van der Waals surface area contributed by atoms with Crippen LogP contribution in [0.2, 0.25) is 10.0 Å². The number of esters is 1. The molecule has 40 heavy (non-hydrogen) atoms. The van der Waals surface area contributed by atoms with Crippen LogP contribution in [0.15, 0.2) is 66.7 Å². The number of fused-ring (bicyclic) bond motifs is 1. The van der Waals surface area contributed by atoms with E-state index in [2.05, 4.69) is 33.4 Å². The van der Waals surface area contributed by atoms with Gasteiger partial charge in [0.05, 0.1) is 41.0 Å². The first kappa shape index (κ1) is 29.2. The van der Waals surface area contributed by atoms with Crippen LogP contribution < -0.4 is 21.3 Å². The normalized spacial score (nSPS) is 14.5. The molecule has 0 aliphatic heterocycles. The van der Waals surface area contributed by atoms with Crippen molar-refractivity contribution in [1.82, 2.24) is 16.0 Å². The molecule has 210 valence electrons. The van der Waals surface area contributed by atoms with Crippen LogP contribution in [0.4, 0.5) is 10.5 Å². The number of aryl methyl sites for hydroxylation is 2. The van der Waals surface area contributed by atoms with Gasteiger partial charge in [-0.3, -0.25) is 4.79 Å². The molecule has 0 heterocycles. The van der Waals surface area contributed by atoms with Crippen molar-refractivity contribution in [1.29, 1.82) is 0 Å².